The summed E-state index contributed by atoms with van der Waals surface area (Å²) in [4.78, 5) is 0. The van der Waals surface area contributed by atoms with Gasteiger partial charge in [0, 0.05) is 54.3 Å². The van der Waals surface area contributed by atoms with E-state index in [2.05, 4.69) is 261 Å². The van der Waals surface area contributed by atoms with E-state index in [-0.39, 0.29) is 16.2 Å². The Morgan fingerprint density at radius 1 is 0.526 bits per heavy atom. The highest BCUT2D eigenvalue weighted by Crippen LogP contribution is 2.50. The van der Waals surface area contributed by atoms with Gasteiger partial charge in [0.25, 0.3) is 0 Å². The maximum absolute atomic E-state index is 7.33. The monoisotopic (exact) mass is 1000 g/mol. The Bertz CT molecular complexity index is 4550. The number of benzene rings is 9. The Morgan fingerprint density at radius 2 is 1.17 bits per heavy atom. The molecule has 1 aliphatic rings. The van der Waals surface area contributed by atoms with Crippen molar-refractivity contribution in [2.24, 2.45) is 0 Å². The number of furan rings is 2. The first-order chi connectivity index (χ1) is 36.5. The SMILES string of the molecule is CC(C)(C)c1ccc(Nc2cc3oc4ccc(/C(=C/c5ccccc5)c5ccccc5)cc4c3cc2-c2c3c4c(c5cc(C(C)(C)C)ccc5n4-c4c(sc5ccc(C(C)(C)C)cc45)[B]3)c3oc4ccccc4c23)cc1. The molecule has 0 aliphatic carbocycles. The number of nitrogens with one attached hydrogen (secondary N) is 1. The molecule has 13 aromatic rings. The lowest BCUT2D eigenvalue weighted by Crippen LogP contribution is -2.35. The molecule has 1 aliphatic heterocycles. The second-order valence-corrected chi connectivity index (χ2v) is 25.1. The summed E-state index contributed by atoms with van der Waals surface area (Å²) in [5, 5.41) is 11.9. The van der Waals surface area contributed by atoms with Gasteiger partial charge in [0.2, 0.25) is 7.28 Å². The van der Waals surface area contributed by atoms with Gasteiger partial charge in [-0.05, 0) is 138 Å². The van der Waals surface area contributed by atoms with Crippen LogP contribution in [0.1, 0.15) is 95.7 Å². The molecule has 6 heteroatoms. The van der Waals surface area contributed by atoms with E-state index in [9.17, 15) is 0 Å². The predicted molar refractivity (Wildman–Crippen MR) is 327 cm³/mol. The number of para-hydroxylation sites is 1. The van der Waals surface area contributed by atoms with Crippen LogP contribution in [0.15, 0.2) is 185 Å². The summed E-state index contributed by atoms with van der Waals surface area (Å²) in [5.74, 6) is 0. The number of hydrogen-bond acceptors (Lipinski definition) is 4. The number of nitrogens with zero attached hydrogens (tertiary/aromatic N) is 1. The van der Waals surface area contributed by atoms with Gasteiger partial charge in [-0.1, -0.05) is 172 Å². The zero-order chi connectivity index (χ0) is 52.0. The molecule has 0 unspecified atom stereocenters. The molecule has 14 rings (SSSR count). The summed E-state index contributed by atoms with van der Waals surface area (Å²) in [6.45, 7) is 20.7. The zero-order valence-electron chi connectivity index (χ0n) is 44.6. The molecule has 1 radical (unpaired) electrons. The van der Waals surface area contributed by atoms with Gasteiger partial charge in [0.1, 0.15) is 22.3 Å². The molecule has 4 nitrogen and oxygen atoms in total. The first-order valence-corrected chi connectivity index (χ1v) is 27.5. The van der Waals surface area contributed by atoms with Crippen LogP contribution in [-0.4, -0.2) is 11.8 Å². The number of hydrogen-bond donors (Lipinski definition) is 1. The largest absolute Gasteiger partial charge is 0.456 e. The number of anilines is 2. The smallest absolute Gasteiger partial charge is 0.211 e. The van der Waals surface area contributed by atoms with Crippen molar-refractivity contribution in [3.05, 3.63) is 209 Å². The van der Waals surface area contributed by atoms with Gasteiger partial charge in [-0.2, -0.15) is 0 Å². The van der Waals surface area contributed by atoms with Crippen LogP contribution in [0.2, 0.25) is 0 Å². The first-order valence-electron chi connectivity index (χ1n) is 26.6. The first kappa shape index (κ1) is 46.5. The Labute approximate surface area is 448 Å². The van der Waals surface area contributed by atoms with Crippen LogP contribution in [0.4, 0.5) is 11.4 Å². The van der Waals surface area contributed by atoms with Gasteiger partial charge in [-0.3, -0.25) is 0 Å². The van der Waals surface area contributed by atoms with E-state index >= 15 is 0 Å². The lowest BCUT2D eigenvalue weighted by molar-refractivity contribution is 0.590. The Hall–Kier alpha value is -8.06. The van der Waals surface area contributed by atoms with Crippen molar-refractivity contribution in [3.63, 3.8) is 0 Å². The fraction of sp³-hybridized carbons (Fsp3) is 0.171. The third kappa shape index (κ3) is 7.39. The molecule has 76 heavy (non-hydrogen) atoms. The van der Waals surface area contributed by atoms with E-state index in [0.29, 0.717) is 0 Å². The van der Waals surface area contributed by atoms with Crippen LogP contribution in [0.25, 0.3) is 104 Å². The summed E-state index contributed by atoms with van der Waals surface area (Å²) in [6, 6.07) is 64.4. The van der Waals surface area contributed by atoms with Gasteiger partial charge < -0.3 is 18.7 Å². The van der Waals surface area contributed by atoms with Crippen molar-refractivity contribution in [1.82, 2.24) is 4.57 Å². The molecule has 0 fully saturated rings. The maximum atomic E-state index is 7.33. The fourth-order valence-corrected chi connectivity index (χ4v) is 12.9. The van der Waals surface area contributed by atoms with Crippen molar-refractivity contribution >= 4 is 128 Å². The van der Waals surface area contributed by atoms with Crippen LogP contribution >= 0.6 is 11.3 Å². The lowest BCUT2D eigenvalue weighted by atomic mass is 9.62. The highest BCUT2D eigenvalue weighted by Gasteiger charge is 2.35. The highest BCUT2D eigenvalue weighted by molar-refractivity contribution is 7.29. The predicted octanol–water partition coefficient (Wildman–Crippen LogP) is 18.7. The molecule has 0 spiro atoms. The normalized spacial score (nSPS) is 13.2. The molecular formula is C70H58BN2O2S. The summed E-state index contributed by atoms with van der Waals surface area (Å²) >= 11 is 1.88. The van der Waals surface area contributed by atoms with Gasteiger partial charge >= 0.3 is 0 Å². The molecule has 0 atom stereocenters. The number of thiophene rings is 1. The minimum absolute atomic E-state index is 0.0140. The molecular weight excluding hydrogens is 944 g/mol. The van der Waals surface area contributed by atoms with Crippen molar-refractivity contribution < 1.29 is 8.83 Å². The minimum atomic E-state index is -0.0694. The summed E-state index contributed by atoms with van der Waals surface area (Å²) in [5.41, 5.74) is 20.7. The topological polar surface area (TPSA) is 43.2 Å². The average molecular weight is 1000 g/mol. The molecule has 5 heterocycles. The van der Waals surface area contributed by atoms with Gasteiger partial charge in [0.05, 0.1) is 27.8 Å². The standard InChI is InChI=1S/C70H58BN2O2S/c1-68(2,3)43-25-29-46(30-26-43)72-54-39-58-50(49-35-42(24-32-57(49)74-58)48(41-20-14-11-15-21-41)34-40-18-12-10-13-19-40)38-51(54)60-61-47-22-16-17-23-56(47)75-66(61)62-52-36-44(69(4,5)6)27-31-55(52)73-64-53-37-45(70(7,8)9)28-33-59(53)76-67(64)71-63(60)65(62)73/h10-39,72H,1-9H3/b48-34+. The van der Waals surface area contributed by atoms with E-state index in [4.69, 9.17) is 8.83 Å². The van der Waals surface area contributed by atoms with Crippen molar-refractivity contribution in [2.75, 3.05) is 5.32 Å². The Balaban J connectivity index is 1.11. The molecule has 4 aromatic heterocycles. The third-order valence-corrected chi connectivity index (χ3v) is 17.0. The molecule has 0 amide bonds. The van der Waals surface area contributed by atoms with E-state index in [1.807, 2.05) is 11.3 Å². The quantitative estimate of drug-likeness (QED) is 0.133. The van der Waals surface area contributed by atoms with Gasteiger partial charge in [-0.25, -0.2) is 0 Å². The van der Waals surface area contributed by atoms with Gasteiger partial charge in [-0.15, -0.1) is 11.3 Å². The Kier molecular flexibility index (Phi) is 10.2. The highest BCUT2D eigenvalue weighted by atomic mass is 32.1. The second-order valence-electron chi connectivity index (χ2n) is 24.0. The van der Waals surface area contributed by atoms with Crippen LogP contribution in [-0.2, 0) is 16.2 Å². The van der Waals surface area contributed by atoms with Crippen molar-refractivity contribution in [1.29, 1.82) is 0 Å². The van der Waals surface area contributed by atoms with Crippen LogP contribution < -0.4 is 15.6 Å². The average Bonchev–Trinajstić information content (AvgIpc) is 4.28. The summed E-state index contributed by atoms with van der Waals surface area (Å²) in [7, 11) is 2.50. The van der Waals surface area contributed by atoms with Crippen LogP contribution in [0.3, 0.4) is 0 Å². The van der Waals surface area contributed by atoms with Gasteiger partial charge in [0.15, 0.2) is 0 Å². The van der Waals surface area contributed by atoms with Crippen LogP contribution in [0, 0.1) is 0 Å². The molecule has 0 saturated carbocycles. The molecule has 0 saturated heterocycles. The maximum Gasteiger partial charge on any atom is 0.211 e. The number of fused-ring (bicyclic) bond motifs is 14. The number of aromatic nitrogens is 1. The summed E-state index contributed by atoms with van der Waals surface area (Å²) < 4.78 is 19.4. The summed E-state index contributed by atoms with van der Waals surface area (Å²) in [6.07, 6.45) is 2.30. The molecule has 0 bridgehead atoms. The van der Waals surface area contributed by atoms with E-state index in [0.717, 1.165) is 99.5 Å². The van der Waals surface area contributed by atoms with Crippen LogP contribution in [0.5, 0.6) is 0 Å². The molecule has 1 N–H and O–H groups in total. The van der Waals surface area contributed by atoms with E-state index < -0.39 is 0 Å². The Morgan fingerprint density at radius 3 is 1.91 bits per heavy atom. The molecule has 369 valence electrons. The fourth-order valence-electron chi connectivity index (χ4n) is 11.8. The third-order valence-electron chi connectivity index (χ3n) is 15.9. The number of rotatable bonds is 6. The minimum Gasteiger partial charge on any atom is -0.456 e. The second kappa shape index (κ2) is 16.7. The van der Waals surface area contributed by atoms with E-state index in [1.165, 1.54) is 53.6 Å². The van der Waals surface area contributed by atoms with Crippen molar-refractivity contribution in [3.8, 4) is 16.8 Å². The van der Waals surface area contributed by atoms with Crippen molar-refractivity contribution in [2.45, 2.75) is 78.6 Å². The molecule has 9 aromatic carbocycles. The lowest BCUT2D eigenvalue weighted by Gasteiger charge is -2.24. The zero-order valence-corrected chi connectivity index (χ0v) is 45.4. The van der Waals surface area contributed by atoms with E-state index in [1.54, 1.807) is 0 Å².